The monoisotopic (exact) mass is 146 g/mol. The van der Waals surface area contributed by atoms with Crippen molar-refractivity contribution in [3.63, 3.8) is 0 Å². The van der Waals surface area contributed by atoms with Gasteiger partial charge in [0.05, 0.1) is 5.25 Å². The van der Waals surface area contributed by atoms with Gasteiger partial charge in [-0.2, -0.15) is 12.6 Å². The van der Waals surface area contributed by atoms with Crippen LogP contribution in [0.3, 0.4) is 0 Å². The maximum absolute atomic E-state index is 9.62. The van der Waals surface area contributed by atoms with E-state index in [0.717, 1.165) is 0 Å². The van der Waals surface area contributed by atoms with Crippen molar-refractivity contribution in [1.29, 1.82) is 0 Å². The molecule has 0 fully saturated rings. The standard InChI is InChI=1S/C3H6O2S.Ca/c1-2(6)3(4)5;/h2,6H,1H3,(H,4,5);. The van der Waals surface area contributed by atoms with E-state index in [0.29, 0.717) is 0 Å². The SMILES string of the molecule is CC(S)C(=O)O.[Ca]. The zero-order valence-corrected chi connectivity index (χ0v) is 7.19. The van der Waals surface area contributed by atoms with Gasteiger partial charge >= 0.3 is 5.97 Å². The van der Waals surface area contributed by atoms with Crippen LogP contribution in [0, 0.1) is 0 Å². The van der Waals surface area contributed by atoms with Gasteiger partial charge in [0.15, 0.2) is 0 Å². The summed E-state index contributed by atoms with van der Waals surface area (Å²) in [6.45, 7) is 1.51. The maximum Gasteiger partial charge on any atom is 0.316 e. The molecule has 0 aromatic carbocycles. The Bertz CT molecular complexity index is 64.0. The summed E-state index contributed by atoms with van der Waals surface area (Å²) in [5, 5.41) is 7.38. The predicted octanol–water partition coefficient (Wildman–Crippen LogP) is 0.00850. The zero-order valence-electron chi connectivity index (χ0n) is 4.09. The smallest absolute Gasteiger partial charge is 0.316 e. The predicted molar refractivity (Wildman–Crippen MR) is 31.8 cm³/mol. The Morgan fingerprint density at radius 2 is 2.00 bits per heavy atom. The van der Waals surface area contributed by atoms with Gasteiger partial charge in [-0.05, 0) is 6.92 Å². The van der Waals surface area contributed by atoms with E-state index in [-0.39, 0.29) is 37.7 Å². The van der Waals surface area contributed by atoms with Crippen molar-refractivity contribution in [2.45, 2.75) is 12.2 Å². The van der Waals surface area contributed by atoms with Crippen molar-refractivity contribution >= 4 is 56.3 Å². The van der Waals surface area contributed by atoms with Gasteiger partial charge in [0, 0.05) is 37.7 Å². The van der Waals surface area contributed by atoms with Gasteiger partial charge in [-0.15, -0.1) is 0 Å². The third-order valence-electron chi connectivity index (χ3n) is 0.357. The van der Waals surface area contributed by atoms with E-state index in [1.165, 1.54) is 6.92 Å². The molecule has 1 atom stereocenters. The average Bonchev–Trinajstić information content (AvgIpc) is 1.36. The van der Waals surface area contributed by atoms with Crippen LogP contribution in [0.25, 0.3) is 0 Å². The maximum atomic E-state index is 9.62. The van der Waals surface area contributed by atoms with Crippen molar-refractivity contribution in [1.82, 2.24) is 0 Å². The number of hydrogen-bond acceptors (Lipinski definition) is 2. The second kappa shape index (κ2) is 5.22. The zero-order chi connectivity index (χ0) is 5.15. The normalized spacial score (nSPS) is 11.7. The molecule has 0 spiro atoms. The van der Waals surface area contributed by atoms with Crippen LogP contribution in [0.1, 0.15) is 6.92 Å². The number of hydrogen-bond donors (Lipinski definition) is 2. The molecule has 0 saturated heterocycles. The van der Waals surface area contributed by atoms with Crippen LogP contribution in [-0.4, -0.2) is 54.1 Å². The molecule has 0 saturated carbocycles. The first kappa shape index (κ1) is 11.0. The molecule has 0 aromatic rings. The second-order valence-electron chi connectivity index (χ2n) is 1.01. The number of aliphatic carboxylic acids is 1. The number of rotatable bonds is 1. The molecule has 0 aromatic heterocycles. The van der Waals surface area contributed by atoms with Crippen LogP contribution in [-0.2, 0) is 4.79 Å². The van der Waals surface area contributed by atoms with Gasteiger partial charge < -0.3 is 5.11 Å². The molecule has 2 radical (unpaired) electrons. The fourth-order valence-electron chi connectivity index (χ4n) is 0. The van der Waals surface area contributed by atoms with Crippen LogP contribution < -0.4 is 0 Å². The first-order valence-corrected chi connectivity index (χ1v) is 2.07. The van der Waals surface area contributed by atoms with Crippen molar-refractivity contribution in [3.05, 3.63) is 0 Å². The Hall–Kier alpha value is 1.08. The van der Waals surface area contributed by atoms with Crippen LogP contribution in [0.5, 0.6) is 0 Å². The molecular weight excluding hydrogens is 140 g/mol. The molecular formula is C3H6CaO2S. The Kier molecular flexibility index (Phi) is 8.17. The van der Waals surface area contributed by atoms with E-state index in [9.17, 15) is 4.79 Å². The van der Waals surface area contributed by atoms with Gasteiger partial charge in [-0.25, -0.2) is 0 Å². The average molecular weight is 146 g/mol. The summed E-state index contributed by atoms with van der Waals surface area (Å²) in [5.74, 6) is -0.877. The molecule has 4 heteroatoms. The largest absolute Gasteiger partial charge is 0.480 e. The van der Waals surface area contributed by atoms with Crippen LogP contribution in [0.4, 0.5) is 0 Å². The van der Waals surface area contributed by atoms with E-state index in [4.69, 9.17) is 5.11 Å². The molecule has 0 bridgehead atoms. The number of thiol groups is 1. The Labute approximate surface area is 77.7 Å². The van der Waals surface area contributed by atoms with Gasteiger partial charge in [0.25, 0.3) is 0 Å². The van der Waals surface area contributed by atoms with E-state index in [1.807, 2.05) is 0 Å². The fraction of sp³-hybridized carbons (Fsp3) is 0.667. The molecule has 7 heavy (non-hydrogen) atoms. The molecule has 0 heterocycles. The van der Waals surface area contributed by atoms with Gasteiger partial charge in [0.1, 0.15) is 0 Å². The van der Waals surface area contributed by atoms with Gasteiger partial charge in [-0.3, -0.25) is 4.79 Å². The second-order valence-corrected chi connectivity index (χ2v) is 1.79. The van der Waals surface area contributed by atoms with Crippen LogP contribution in [0.15, 0.2) is 0 Å². The first-order valence-electron chi connectivity index (χ1n) is 1.55. The molecule has 1 unspecified atom stereocenters. The summed E-state index contributed by atoms with van der Waals surface area (Å²) in [6.07, 6.45) is 0. The number of carboxylic acid groups (broad SMARTS) is 1. The Morgan fingerprint density at radius 3 is 2.00 bits per heavy atom. The summed E-state index contributed by atoms with van der Waals surface area (Å²) in [5.41, 5.74) is 0. The Morgan fingerprint density at radius 1 is 1.86 bits per heavy atom. The summed E-state index contributed by atoms with van der Waals surface area (Å²) < 4.78 is 0. The van der Waals surface area contributed by atoms with E-state index < -0.39 is 11.2 Å². The third-order valence-corrected chi connectivity index (χ3v) is 0.578. The summed E-state index contributed by atoms with van der Waals surface area (Å²) in [6, 6.07) is 0. The van der Waals surface area contributed by atoms with Crippen LogP contribution in [0.2, 0.25) is 0 Å². The Balaban J connectivity index is 0. The molecule has 0 aliphatic rings. The third kappa shape index (κ3) is 7.08. The molecule has 0 aliphatic heterocycles. The molecule has 1 N–H and O–H groups in total. The van der Waals surface area contributed by atoms with E-state index in [1.54, 1.807) is 0 Å². The van der Waals surface area contributed by atoms with Crippen molar-refractivity contribution in [2.75, 3.05) is 0 Å². The molecule has 0 aliphatic carbocycles. The minimum atomic E-state index is -0.877. The number of carboxylic acids is 1. The summed E-state index contributed by atoms with van der Waals surface area (Å²) >= 11 is 3.59. The van der Waals surface area contributed by atoms with E-state index in [2.05, 4.69) is 12.6 Å². The minimum absolute atomic E-state index is 0. The summed E-state index contributed by atoms with van der Waals surface area (Å²) in [4.78, 5) is 9.62. The van der Waals surface area contributed by atoms with Gasteiger partial charge in [-0.1, -0.05) is 0 Å². The van der Waals surface area contributed by atoms with Crippen molar-refractivity contribution < 1.29 is 9.90 Å². The topological polar surface area (TPSA) is 37.3 Å². The first-order chi connectivity index (χ1) is 2.64. The molecule has 0 rings (SSSR count). The molecule has 2 nitrogen and oxygen atoms in total. The van der Waals surface area contributed by atoms with Crippen LogP contribution >= 0.6 is 12.6 Å². The van der Waals surface area contributed by atoms with Gasteiger partial charge in [0.2, 0.25) is 0 Å². The molecule has 38 valence electrons. The fourth-order valence-corrected chi connectivity index (χ4v) is 0. The number of carbonyl (C=O) groups is 1. The van der Waals surface area contributed by atoms with E-state index >= 15 is 0 Å². The summed E-state index contributed by atoms with van der Waals surface area (Å²) in [7, 11) is 0. The van der Waals surface area contributed by atoms with Crippen molar-refractivity contribution in [2.24, 2.45) is 0 Å². The minimum Gasteiger partial charge on any atom is -0.480 e. The van der Waals surface area contributed by atoms with Crippen molar-refractivity contribution in [3.8, 4) is 0 Å². The molecule has 0 amide bonds. The quantitative estimate of drug-likeness (QED) is 0.404.